The van der Waals surface area contributed by atoms with Crippen LogP contribution in [0.1, 0.15) is 19.4 Å². The molecule has 0 unspecified atom stereocenters. The lowest BCUT2D eigenvalue weighted by Gasteiger charge is -2.19. The normalized spacial score (nSPS) is 10.9. The number of terminal acetylenes is 1. The van der Waals surface area contributed by atoms with Crippen molar-refractivity contribution in [3.63, 3.8) is 0 Å². The summed E-state index contributed by atoms with van der Waals surface area (Å²) in [5, 5.41) is 14.0. The number of hydrogen-bond donors (Lipinski definition) is 1. The number of rotatable bonds is 5. The van der Waals surface area contributed by atoms with Crippen LogP contribution in [0.25, 0.3) is 0 Å². The molecule has 0 aromatic heterocycles. The molecule has 1 rings (SSSR count). The number of para-hydroxylation sites is 1. The Labute approximate surface area is 101 Å². The molecule has 4 heteroatoms. The summed E-state index contributed by atoms with van der Waals surface area (Å²) in [5.74, 6) is 2.62. The molecule has 0 heterocycles. The SMILES string of the molecule is C#CC(C)(C)NCCc1ccccc1[N+](=O)[O-]. The van der Waals surface area contributed by atoms with E-state index in [1.165, 1.54) is 6.07 Å². The first kappa shape index (κ1) is 13.2. The minimum absolute atomic E-state index is 0.160. The number of nitro groups is 1. The molecule has 0 aliphatic carbocycles. The van der Waals surface area contributed by atoms with E-state index in [0.717, 1.165) is 5.56 Å². The quantitative estimate of drug-likeness (QED) is 0.480. The molecule has 1 aromatic carbocycles. The smallest absolute Gasteiger partial charge is 0.272 e. The van der Waals surface area contributed by atoms with Crippen molar-refractivity contribution in [1.29, 1.82) is 0 Å². The zero-order valence-corrected chi connectivity index (χ0v) is 10.1. The molecule has 90 valence electrons. The maximum Gasteiger partial charge on any atom is 0.272 e. The highest BCUT2D eigenvalue weighted by Crippen LogP contribution is 2.17. The van der Waals surface area contributed by atoms with Gasteiger partial charge in [-0.2, -0.15) is 0 Å². The lowest BCUT2D eigenvalue weighted by molar-refractivity contribution is -0.385. The fraction of sp³-hybridized carbons (Fsp3) is 0.385. The number of nitrogens with one attached hydrogen (secondary N) is 1. The summed E-state index contributed by atoms with van der Waals surface area (Å²) in [6, 6.07) is 6.75. The Hall–Kier alpha value is -1.86. The standard InChI is InChI=1S/C13H16N2O2/c1-4-13(2,3)14-10-9-11-7-5-6-8-12(11)15(16)17/h1,5-8,14H,9-10H2,2-3H3. The lowest BCUT2D eigenvalue weighted by Crippen LogP contribution is -2.38. The molecule has 0 fully saturated rings. The van der Waals surface area contributed by atoms with Gasteiger partial charge in [-0.15, -0.1) is 6.42 Å². The Kier molecular flexibility index (Phi) is 4.24. The van der Waals surface area contributed by atoms with Crippen LogP contribution in [0, 0.1) is 22.5 Å². The second kappa shape index (κ2) is 5.46. The van der Waals surface area contributed by atoms with Crippen molar-refractivity contribution in [2.24, 2.45) is 0 Å². The van der Waals surface area contributed by atoms with Gasteiger partial charge in [-0.3, -0.25) is 10.1 Å². The minimum atomic E-state index is -0.385. The summed E-state index contributed by atoms with van der Waals surface area (Å²) in [7, 11) is 0. The monoisotopic (exact) mass is 232 g/mol. The highest BCUT2D eigenvalue weighted by Gasteiger charge is 2.15. The lowest BCUT2D eigenvalue weighted by atomic mass is 10.1. The number of hydrogen-bond acceptors (Lipinski definition) is 3. The van der Waals surface area contributed by atoms with Gasteiger partial charge in [-0.25, -0.2) is 0 Å². The van der Waals surface area contributed by atoms with Crippen LogP contribution in [0.5, 0.6) is 0 Å². The molecule has 0 amide bonds. The van der Waals surface area contributed by atoms with Crippen LogP contribution in [0.2, 0.25) is 0 Å². The van der Waals surface area contributed by atoms with Crippen LogP contribution in [0.15, 0.2) is 24.3 Å². The summed E-state index contributed by atoms with van der Waals surface area (Å²) in [5.41, 5.74) is 0.495. The zero-order chi connectivity index (χ0) is 12.9. The average molecular weight is 232 g/mol. The van der Waals surface area contributed by atoms with Crippen molar-refractivity contribution in [3.05, 3.63) is 39.9 Å². The second-order valence-electron chi connectivity index (χ2n) is 4.33. The van der Waals surface area contributed by atoms with E-state index in [4.69, 9.17) is 6.42 Å². The molecule has 17 heavy (non-hydrogen) atoms. The molecule has 0 saturated heterocycles. The topological polar surface area (TPSA) is 55.2 Å². The Morgan fingerprint density at radius 2 is 2.12 bits per heavy atom. The molecule has 1 N–H and O–H groups in total. The highest BCUT2D eigenvalue weighted by atomic mass is 16.6. The van der Waals surface area contributed by atoms with Gasteiger partial charge in [0, 0.05) is 18.2 Å². The maximum absolute atomic E-state index is 10.8. The third-order valence-electron chi connectivity index (χ3n) is 2.51. The number of nitrogens with zero attached hydrogens (tertiary/aromatic N) is 1. The van der Waals surface area contributed by atoms with Gasteiger partial charge in [-0.1, -0.05) is 24.1 Å². The molecule has 1 aromatic rings. The van der Waals surface area contributed by atoms with Crippen LogP contribution in [-0.2, 0) is 6.42 Å². The predicted molar refractivity (Wildman–Crippen MR) is 67.7 cm³/mol. The minimum Gasteiger partial charge on any atom is -0.301 e. The first-order chi connectivity index (χ1) is 7.96. The van der Waals surface area contributed by atoms with Crippen molar-refractivity contribution in [2.45, 2.75) is 25.8 Å². The van der Waals surface area contributed by atoms with E-state index < -0.39 is 0 Å². The van der Waals surface area contributed by atoms with Gasteiger partial charge in [-0.05, 0) is 20.3 Å². The summed E-state index contributed by atoms with van der Waals surface area (Å²) in [6.07, 6.45) is 5.93. The number of benzene rings is 1. The zero-order valence-electron chi connectivity index (χ0n) is 10.1. The van der Waals surface area contributed by atoms with Crippen LogP contribution >= 0.6 is 0 Å². The van der Waals surface area contributed by atoms with E-state index in [9.17, 15) is 10.1 Å². The summed E-state index contributed by atoms with van der Waals surface area (Å²) in [4.78, 5) is 10.4. The predicted octanol–water partition coefficient (Wildman–Crippen LogP) is 2.14. The van der Waals surface area contributed by atoms with E-state index in [2.05, 4.69) is 11.2 Å². The molecule has 0 aliphatic heterocycles. The van der Waals surface area contributed by atoms with Crippen molar-refractivity contribution >= 4 is 5.69 Å². The second-order valence-corrected chi connectivity index (χ2v) is 4.33. The van der Waals surface area contributed by atoms with E-state index in [1.807, 2.05) is 13.8 Å². The first-order valence-corrected chi connectivity index (χ1v) is 5.41. The van der Waals surface area contributed by atoms with Crippen LogP contribution in [0.4, 0.5) is 5.69 Å². The van der Waals surface area contributed by atoms with E-state index >= 15 is 0 Å². The van der Waals surface area contributed by atoms with Gasteiger partial charge in [0.15, 0.2) is 0 Å². The average Bonchev–Trinajstić information content (AvgIpc) is 2.29. The third-order valence-corrected chi connectivity index (χ3v) is 2.51. The van der Waals surface area contributed by atoms with E-state index in [0.29, 0.717) is 13.0 Å². The third kappa shape index (κ3) is 3.89. The Bertz CT molecular complexity index is 447. The molecule has 0 aliphatic rings. The van der Waals surface area contributed by atoms with Gasteiger partial charge >= 0.3 is 0 Å². The molecular weight excluding hydrogens is 216 g/mol. The highest BCUT2D eigenvalue weighted by molar-refractivity contribution is 5.39. The molecule has 0 spiro atoms. The van der Waals surface area contributed by atoms with Crippen LogP contribution in [-0.4, -0.2) is 17.0 Å². The molecule has 0 radical (unpaired) electrons. The molecule has 0 saturated carbocycles. The Morgan fingerprint density at radius 1 is 1.47 bits per heavy atom. The van der Waals surface area contributed by atoms with Gasteiger partial charge < -0.3 is 5.32 Å². The molecule has 0 atom stereocenters. The van der Waals surface area contributed by atoms with Crippen molar-refractivity contribution in [2.75, 3.05) is 6.54 Å². The first-order valence-electron chi connectivity index (χ1n) is 5.41. The van der Waals surface area contributed by atoms with Crippen molar-refractivity contribution in [1.82, 2.24) is 5.32 Å². The largest absolute Gasteiger partial charge is 0.301 e. The Balaban J connectivity index is 2.65. The van der Waals surface area contributed by atoms with Gasteiger partial charge in [0.1, 0.15) is 0 Å². The van der Waals surface area contributed by atoms with Gasteiger partial charge in [0.05, 0.1) is 10.5 Å². The van der Waals surface area contributed by atoms with Crippen LogP contribution in [0.3, 0.4) is 0 Å². The summed E-state index contributed by atoms with van der Waals surface area (Å²) in [6.45, 7) is 4.40. The van der Waals surface area contributed by atoms with E-state index in [1.54, 1.807) is 18.2 Å². The van der Waals surface area contributed by atoms with Crippen LogP contribution < -0.4 is 5.32 Å². The maximum atomic E-state index is 10.8. The molecular formula is C13H16N2O2. The fourth-order valence-corrected chi connectivity index (χ4v) is 1.46. The molecule has 4 nitrogen and oxygen atoms in total. The van der Waals surface area contributed by atoms with Gasteiger partial charge in [0.2, 0.25) is 0 Å². The van der Waals surface area contributed by atoms with Crippen molar-refractivity contribution < 1.29 is 4.92 Å². The van der Waals surface area contributed by atoms with E-state index in [-0.39, 0.29) is 16.1 Å². The van der Waals surface area contributed by atoms with Crippen molar-refractivity contribution in [3.8, 4) is 12.3 Å². The van der Waals surface area contributed by atoms with Gasteiger partial charge in [0.25, 0.3) is 5.69 Å². The molecule has 0 bridgehead atoms. The number of nitro benzene ring substituents is 1. The summed E-state index contributed by atoms with van der Waals surface area (Å²) < 4.78 is 0. The Morgan fingerprint density at radius 3 is 2.71 bits per heavy atom. The summed E-state index contributed by atoms with van der Waals surface area (Å²) >= 11 is 0. The fourth-order valence-electron chi connectivity index (χ4n) is 1.46.